The minimum atomic E-state index is 0. The molecule has 0 aromatic heterocycles. The van der Waals surface area contributed by atoms with E-state index in [9.17, 15) is 0 Å². The monoisotopic (exact) mass is 2440 g/mol. The first kappa shape index (κ1) is 299. The Morgan fingerprint density at radius 3 is 0.225 bits per heavy atom. The molecule has 40 heavy (non-hydrogen) atoms. The second-order valence-electron chi connectivity index (χ2n) is 0.577. The zero-order chi connectivity index (χ0) is 6.71. The van der Waals surface area contributed by atoms with E-state index in [1.165, 1.54) is 0 Å². The minimum absolute atomic E-state index is 0. The van der Waals surface area contributed by atoms with Gasteiger partial charge in [-0.25, -0.2) is 0 Å². The fourth-order valence-electron chi connectivity index (χ4n) is 0. The van der Waals surface area contributed by atoms with Crippen LogP contribution in [0.25, 0.3) is 0 Å². The van der Waals surface area contributed by atoms with Crippen molar-refractivity contribution in [1.29, 1.82) is 0 Å². The molecule has 0 aromatic rings. The molecule has 0 fully saturated rings. The van der Waals surface area contributed by atoms with Crippen LogP contribution in [0.1, 0.15) is 57.4 Å². The van der Waals surface area contributed by atoms with Crippen LogP contribution in [0, 0.1) is 14.9 Å². The fourth-order valence-corrected chi connectivity index (χ4v) is 0. The third-order valence-corrected chi connectivity index (χ3v) is 0. The number of hydrogen-bond acceptors (Lipinski definition) is 0. The van der Waals surface area contributed by atoms with Gasteiger partial charge in [0.2, 0.25) is 0 Å². The second-order valence-corrected chi connectivity index (χ2v) is 0.577. The van der Waals surface area contributed by atoms with Crippen LogP contribution in [-0.4, -0.2) is 24.1 Å². The average Bonchev–Trinajstić information content (AvgIpc) is 1.78. The van der Waals surface area contributed by atoms with Gasteiger partial charge in [0.25, 0.3) is 0 Å². The molecular weight excluding hydrogens is 2400 g/mol. The quantitative estimate of drug-likeness (QED) is 0.224. The SMILES string of the molecule is C.C.C.C.CC.CC.C[B-]C.[B-].[B-].[CH3-].[CH3-].[Y].[Y].[Y].[Y].[Y].[Y].[Y].[Y].[Y].[Y].[Y].[Y].[Y].[Y].[Y].[Y].[Y].[Y].[Y].[Y].[Y].[Y].[Y].[Y].[Y]. The van der Waals surface area contributed by atoms with E-state index >= 15 is 0 Å². The van der Waals surface area contributed by atoms with E-state index in [-0.39, 0.29) is 879 Å². The molecule has 0 aliphatic heterocycles. The van der Waals surface area contributed by atoms with Gasteiger partial charge in [0.1, 0.15) is 0 Å². The van der Waals surface area contributed by atoms with E-state index in [2.05, 4.69) is 0 Å². The molecule has 0 amide bonds. The van der Waals surface area contributed by atoms with Gasteiger partial charge in [0.05, 0.1) is 0 Å². The molecule has 0 aliphatic carbocycles. The van der Waals surface area contributed by atoms with Crippen molar-refractivity contribution >= 4 is 24.1 Å². The van der Waals surface area contributed by atoms with Crippen LogP contribution >= 0.6 is 0 Å². The largest absolute Gasteiger partial charge is 1.00 e. The Balaban J connectivity index is -0.000000000126. The van der Waals surface area contributed by atoms with Crippen LogP contribution < -0.4 is 0 Å². The predicted molar refractivity (Wildman–Crippen MR) is 91.4 cm³/mol. The summed E-state index contributed by atoms with van der Waals surface area (Å²) in [5.41, 5.74) is 0. The smallest absolute Gasteiger partial charge is 0 e. The molecule has 0 saturated heterocycles. The zero-order valence-electron chi connectivity index (χ0n) is 24.2. The van der Waals surface area contributed by atoms with Crippen molar-refractivity contribution in [3.05, 3.63) is 14.9 Å². The summed E-state index contributed by atoms with van der Waals surface area (Å²) in [4.78, 5) is 0. The summed E-state index contributed by atoms with van der Waals surface area (Å²) in [6, 6.07) is 0. The summed E-state index contributed by atoms with van der Waals surface area (Å²) in [6.45, 7) is 12.0. The van der Waals surface area contributed by atoms with Crippen molar-refractivity contribution in [1.82, 2.24) is 0 Å². The summed E-state index contributed by atoms with van der Waals surface area (Å²) >= 11 is 0. The van der Waals surface area contributed by atoms with Gasteiger partial charge in [0.15, 0.2) is 0 Å². The van der Waals surface area contributed by atoms with Gasteiger partial charge in [-0.15, -0.1) is 0 Å². The Labute approximate surface area is 895 Å². The Bertz CT molecular complexity index is 49.0. The van der Waals surface area contributed by atoms with Gasteiger partial charge in [0, 0.05) is 818 Å². The summed E-state index contributed by atoms with van der Waals surface area (Å²) in [6.07, 6.45) is 0. The van der Waals surface area contributed by atoms with E-state index in [1.54, 1.807) is 0 Å². The van der Waals surface area contributed by atoms with Crippen LogP contribution in [0.5, 0.6) is 0 Å². The molecule has 0 aromatic carbocycles. The van der Waals surface area contributed by atoms with E-state index in [0.717, 1.165) is 0 Å². The Hall–Kier alpha value is 27.8. The van der Waals surface area contributed by atoms with Gasteiger partial charge in [-0.1, -0.05) is 57.4 Å². The first-order valence-corrected chi connectivity index (χ1v) is 3.15. The minimum Gasteiger partial charge on any atom is -1.00 e. The molecule has 0 nitrogen and oxygen atoms in total. The Kier molecular flexibility index (Phi) is 2610. The van der Waals surface area contributed by atoms with Crippen molar-refractivity contribution in [3.8, 4) is 0 Å². The molecule has 0 N–H and O–H groups in total. The number of hydrogen-bond donors (Lipinski definition) is 0. The normalized spacial score (nSPS) is 0.750. The zero-order valence-corrected chi connectivity index (χ0v) is 95.1. The van der Waals surface area contributed by atoms with Gasteiger partial charge < -0.3 is 39.0 Å². The van der Waals surface area contributed by atoms with Crippen molar-refractivity contribution in [2.24, 2.45) is 0 Å². The van der Waals surface area contributed by atoms with Crippen molar-refractivity contribution in [2.45, 2.75) is 71.0 Å². The molecule has 0 atom stereocenters. The molecule has 28 heteroatoms. The molecule has 0 unspecified atom stereocenters. The predicted octanol–water partition coefficient (Wildman–Crippen LogP) is 5.46. The number of rotatable bonds is 0. The fraction of sp³-hybridized carbons (Fsp3) is 0.833. The molecular formula is C12H40B3Y25-5. The Morgan fingerprint density at radius 2 is 0.225 bits per heavy atom. The van der Waals surface area contributed by atoms with E-state index in [0.29, 0.717) is 0 Å². The van der Waals surface area contributed by atoms with Gasteiger partial charge in [-0.05, 0) is 0 Å². The first-order chi connectivity index (χ1) is 3.41. The summed E-state index contributed by atoms with van der Waals surface area (Å²) in [5.74, 6) is 0. The Morgan fingerprint density at radius 1 is 0.225 bits per heavy atom. The van der Waals surface area contributed by atoms with Crippen LogP contribution in [-0.2, 0) is 818 Å². The molecule has 35 radical (unpaired) electrons. The molecule has 0 spiro atoms. The average molecular weight is 2440 g/mol. The molecule has 0 saturated carbocycles. The molecule has 0 bridgehead atoms. The maximum absolute atomic E-state index is 2.00. The van der Waals surface area contributed by atoms with Gasteiger partial charge >= 0.3 is 0 Å². The van der Waals surface area contributed by atoms with Crippen LogP contribution in [0.4, 0.5) is 0 Å². The maximum Gasteiger partial charge on any atom is 0 e. The van der Waals surface area contributed by atoms with E-state index < -0.39 is 0 Å². The maximum atomic E-state index is 2.00. The van der Waals surface area contributed by atoms with Gasteiger partial charge in [-0.3, -0.25) is 13.6 Å². The van der Waals surface area contributed by atoms with Crippen molar-refractivity contribution in [2.75, 3.05) is 0 Å². The van der Waals surface area contributed by atoms with Crippen molar-refractivity contribution < 1.29 is 818 Å². The standard InChI is InChI=1S/C2H6B.2C2H6.4CH4.2CH3.2B.25Y/c1-3-2;2*1-2;;;;;;;;;;;;;;;;;;;;;;;;;;;;;;;;;/h1-2H3;2*1-2H3;4*1H4;2*1H3;;;;;;;;;;;;;;;;;;;;;;;;;;;/q-1;;;;;;;4*-1;;;;;;;;;;;;;;;;;;;;;;;;;. The third kappa shape index (κ3) is 358. The molecule has 177 valence electrons. The third-order valence-electron chi connectivity index (χ3n) is 0. The van der Waals surface area contributed by atoms with Crippen LogP contribution in [0.2, 0.25) is 13.6 Å². The molecule has 0 aliphatic rings. The van der Waals surface area contributed by atoms with Crippen molar-refractivity contribution in [3.63, 3.8) is 0 Å². The molecule has 0 heterocycles. The van der Waals surface area contributed by atoms with Crippen LogP contribution in [0.3, 0.4) is 0 Å². The van der Waals surface area contributed by atoms with E-state index in [1.807, 2.05) is 48.6 Å². The molecule has 0 rings (SSSR count). The summed E-state index contributed by atoms with van der Waals surface area (Å²) in [7, 11) is 2.00. The summed E-state index contributed by atoms with van der Waals surface area (Å²) < 4.78 is 0. The summed E-state index contributed by atoms with van der Waals surface area (Å²) in [5, 5.41) is 0. The first-order valence-electron chi connectivity index (χ1n) is 3.15. The topological polar surface area (TPSA) is 0 Å². The van der Waals surface area contributed by atoms with Crippen LogP contribution in [0.15, 0.2) is 0 Å². The second kappa shape index (κ2) is 349. The van der Waals surface area contributed by atoms with Gasteiger partial charge in [-0.2, -0.15) is 0 Å². The van der Waals surface area contributed by atoms with E-state index in [4.69, 9.17) is 0 Å².